The molecule has 0 saturated carbocycles. The number of phosphoric acid groups is 2. The lowest BCUT2D eigenvalue weighted by molar-refractivity contribution is -0.161. The van der Waals surface area contributed by atoms with Gasteiger partial charge in [-0.3, -0.25) is 37.3 Å². The first-order chi connectivity index (χ1) is 50.7. The molecular weight excluding hydrogens is 1350 g/mol. The Morgan fingerprint density at radius 1 is 0.279 bits per heavy atom. The molecule has 0 aliphatic heterocycles. The maximum Gasteiger partial charge on any atom is 0.472 e. The number of allylic oxidation sites excluding steroid dienone is 24. The topological polar surface area (TPSA) is 237 Å². The van der Waals surface area contributed by atoms with Gasteiger partial charge in [0.05, 0.1) is 26.4 Å². The maximum atomic E-state index is 13.1. The van der Waals surface area contributed by atoms with Crippen molar-refractivity contribution in [3.8, 4) is 0 Å². The monoisotopic (exact) mass is 1500 g/mol. The minimum Gasteiger partial charge on any atom is -0.462 e. The zero-order valence-electron chi connectivity index (χ0n) is 64.9. The minimum absolute atomic E-state index is 0.0718. The molecule has 0 heterocycles. The summed E-state index contributed by atoms with van der Waals surface area (Å²) < 4.78 is 68.6. The van der Waals surface area contributed by atoms with Crippen LogP contribution in [-0.4, -0.2) is 96.7 Å². The van der Waals surface area contributed by atoms with Crippen LogP contribution in [0.2, 0.25) is 0 Å². The van der Waals surface area contributed by atoms with Crippen molar-refractivity contribution in [2.45, 2.75) is 329 Å². The number of carbonyl (C=O) groups is 4. The van der Waals surface area contributed by atoms with E-state index in [-0.39, 0.29) is 25.7 Å². The van der Waals surface area contributed by atoms with Crippen LogP contribution in [0.5, 0.6) is 0 Å². The Labute approximate surface area is 630 Å². The third kappa shape index (κ3) is 75.2. The van der Waals surface area contributed by atoms with Crippen molar-refractivity contribution in [3.05, 3.63) is 146 Å². The molecule has 0 spiro atoms. The number of carbonyl (C=O) groups excluding carboxylic acids is 4. The molecule has 0 aliphatic carbocycles. The number of esters is 4. The standard InChI is InChI=1S/C85H142O17P2/c1-5-9-13-17-21-25-29-32-35-38-39-42-44-47-51-54-58-62-66-70-83(88)96-76-81(102-85(90)72-68-64-60-56-52-48-45-41-37-34-31-27-23-19-15-11-7-3)78-100-104(93,94)98-74-79(86)73-97-103(91,92)99-77-80(101-84(89)71-67-63-59-55-49-28-24-20-16-12-8-4)75-95-82(87)69-65-61-57-53-50-46-43-40-36-33-30-26-22-18-14-10-6-2/h9-11,13-15,21-23,25-27,32-37,39,42-43,46-47,51,79-81,86H,5-8,12,16-20,24,28-31,38,40-41,44-45,48-50,52-78H2,1-4H3,(H,91,92)(H,93,94)/b13-9-,14-10-,15-11-,25-21-,26-22-,27-23-,35-32-,36-33-,37-34-,42-39-,46-43-,51-47-. The van der Waals surface area contributed by atoms with Gasteiger partial charge in [0, 0.05) is 25.7 Å². The van der Waals surface area contributed by atoms with Crippen LogP contribution in [0, 0.1) is 0 Å². The lowest BCUT2D eigenvalue weighted by Gasteiger charge is -2.21. The van der Waals surface area contributed by atoms with Gasteiger partial charge in [-0.15, -0.1) is 0 Å². The zero-order chi connectivity index (χ0) is 76.0. The smallest absolute Gasteiger partial charge is 0.462 e. The summed E-state index contributed by atoms with van der Waals surface area (Å²) in [5.41, 5.74) is 0. The van der Waals surface area contributed by atoms with Gasteiger partial charge in [-0.05, 0) is 141 Å². The predicted molar refractivity (Wildman–Crippen MR) is 427 cm³/mol. The van der Waals surface area contributed by atoms with Gasteiger partial charge >= 0.3 is 39.5 Å². The summed E-state index contributed by atoms with van der Waals surface area (Å²) in [5.74, 6) is -2.25. The fourth-order valence-electron chi connectivity index (χ4n) is 10.3. The van der Waals surface area contributed by atoms with E-state index in [0.717, 1.165) is 193 Å². The quantitative estimate of drug-likeness (QED) is 0.0169. The second kappa shape index (κ2) is 76.1. The van der Waals surface area contributed by atoms with Crippen molar-refractivity contribution in [3.63, 3.8) is 0 Å². The normalized spacial score (nSPS) is 14.6. The van der Waals surface area contributed by atoms with Gasteiger partial charge in [0.25, 0.3) is 0 Å². The lowest BCUT2D eigenvalue weighted by atomic mass is 10.1. The summed E-state index contributed by atoms with van der Waals surface area (Å²) in [4.78, 5) is 73.0. The Hall–Kier alpha value is -5.06. The van der Waals surface area contributed by atoms with Crippen LogP contribution in [0.15, 0.2) is 146 Å². The molecule has 0 amide bonds. The van der Waals surface area contributed by atoms with Crippen molar-refractivity contribution < 1.29 is 80.2 Å². The van der Waals surface area contributed by atoms with E-state index in [4.69, 9.17) is 37.0 Å². The molecule has 0 aromatic carbocycles. The zero-order valence-corrected chi connectivity index (χ0v) is 66.7. The van der Waals surface area contributed by atoms with E-state index in [9.17, 15) is 43.2 Å². The van der Waals surface area contributed by atoms with Crippen molar-refractivity contribution >= 4 is 39.5 Å². The van der Waals surface area contributed by atoms with Gasteiger partial charge in [-0.1, -0.05) is 289 Å². The number of aliphatic hydroxyl groups is 1. The number of unbranched alkanes of at least 4 members (excludes halogenated alkanes) is 24. The maximum absolute atomic E-state index is 13.1. The van der Waals surface area contributed by atoms with Crippen molar-refractivity contribution in [2.75, 3.05) is 39.6 Å². The van der Waals surface area contributed by atoms with E-state index in [1.54, 1.807) is 0 Å². The average Bonchev–Trinajstić information content (AvgIpc) is 0.931. The van der Waals surface area contributed by atoms with Gasteiger partial charge in [0.15, 0.2) is 12.2 Å². The van der Waals surface area contributed by atoms with E-state index in [1.165, 1.54) is 38.5 Å². The first kappa shape index (κ1) is 98.9. The van der Waals surface area contributed by atoms with Gasteiger partial charge < -0.3 is 33.8 Å². The molecule has 0 rings (SSSR count). The van der Waals surface area contributed by atoms with Crippen LogP contribution in [-0.2, 0) is 65.4 Å². The fraction of sp³-hybridized carbons (Fsp3) is 0.671. The third-order valence-electron chi connectivity index (χ3n) is 16.3. The summed E-state index contributed by atoms with van der Waals surface area (Å²) in [6.07, 6.45) is 86.8. The summed E-state index contributed by atoms with van der Waals surface area (Å²) in [5, 5.41) is 10.6. The highest BCUT2D eigenvalue weighted by Crippen LogP contribution is 2.45. The van der Waals surface area contributed by atoms with E-state index < -0.39 is 97.5 Å². The van der Waals surface area contributed by atoms with Crippen LogP contribution in [0.4, 0.5) is 0 Å². The van der Waals surface area contributed by atoms with Crippen LogP contribution in [0.25, 0.3) is 0 Å². The van der Waals surface area contributed by atoms with E-state index in [1.807, 2.05) is 0 Å². The highest BCUT2D eigenvalue weighted by Gasteiger charge is 2.30. The number of phosphoric ester groups is 2. The van der Waals surface area contributed by atoms with Crippen LogP contribution >= 0.6 is 15.6 Å². The van der Waals surface area contributed by atoms with Crippen LogP contribution in [0.1, 0.15) is 310 Å². The highest BCUT2D eigenvalue weighted by molar-refractivity contribution is 7.47. The summed E-state index contributed by atoms with van der Waals surface area (Å²) >= 11 is 0. The van der Waals surface area contributed by atoms with E-state index in [2.05, 4.69) is 174 Å². The van der Waals surface area contributed by atoms with Crippen molar-refractivity contribution in [1.82, 2.24) is 0 Å². The van der Waals surface area contributed by atoms with Crippen LogP contribution < -0.4 is 0 Å². The summed E-state index contributed by atoms with van der Waals surface area (Å²) in [6, 6.07) is 0. The Bertz CT molecular complexity index is 2540. The molecular formula is C85H142O17P2. The number of hydrogen-bond donors (Lipinski definition) is 3. The lowest BCUT2D eigenvalue weighted by Crippen LogP contribution is -2.30. The number of hydrogen-bond acceptors (Lipinski definition) is 15. The molecule has 3 N–H and O–H groups in total. The predicted octanol–water partition coefficient (Wildman–Crippen LogP) is 23.4. The summed E-state index contributed by atoms with van der Waals surface area (Å²) in [7, 11) is -9.98. The first-order valence-corrected chi connectivity index (χ1v) is 43.1. The average molecular weight is 1500 g/mol. The molecule has 0 aliphatic rings. The van der Waals surface area contributed by atoms with Gasteiger partial charge in [-0.2, -0.15) is 0 Å². The molecule has 0 aromatic rings. The van der Waals surface area contributed by atoms with Gasteiger partial charge in [0.1, 0.15) is 19.3 Å². The number of aliphatic hydroxyl groups excluding tert-OH is 1. The molecule has 17 nitrogen and oxygen atoms in total. The van der Waals surface area contributed by atoms with Crippen molar-refractivity contribution in [1.29, 1.82) is 0 Å². The first-order valence-electron chi connectivity index (χ1n) is 40.1. The summed E-state index contributed by atoms with van der Waals surface area (Å²) in [6.45, 7) is 4.46. The Morgan fingerprint density at radius 3 is 0.779 bits per heavy atom. The van der Waals surface area contributed by atoms with Crippen LogP contribution in [0.3, 0.4) is 0 Å². The van der Waals surface area contributed by atoms with E-state index in [0.29, 0.717) is 25.7 Å². The Balaban J connectivity index is 5.40. The molecule has 5 unspecified atom stereocenters. The minimum atomic E-state index is -4.99. The van der Waals surface area contributed by atoms with Gasteiger partial charge in [0.2, 0.25) is 0 Å². The number of rotatable bonds is 74. The Morgan fingerprint density at radius 2 is 0.500 bits per heavy atom. The third-order valence-corrected chi connectivity index (χ3v) is 18.2. The second-order valence-corrected chi connectivity index (χ2v) is 29.1. The molecule has 0 radical (unpaired) electrons. The molecule has 594 valence electrons. The van der Waals surface area contributed by atoms with Gasteiger partial charge in [-0.25, -0.2) is 9.13 Å². The molecule has 5 atom stereocenters. The molecule has 0 aromatic heterocycles. The largest absolute Gasteiger partial charge is 0.472 e. The molecule has 0 fully saturated rings. The molecule has 104 heavy (non-hydrogen) atoms. The molecule has 0 bridgehead atoms. The highest BCUT2D eigenvalue weighted by atomic mass is 31.2. The second-order valence-electron chi connectivity index (χ2n) is 26.2. The van der Waals surface area contributed by atoms with E-state index >= 15 is 0 Å². The SMILES string of the molecule is CC/C=C\C/C=C\C/C=C\C/C=C\C/C=C\CCCCCC(=O)OCC(COP(=O)(O)OCC(O)COP(=O)(O)OCC(COC(=O)CCCCCC/C=C\C/C=C\C/C=C\C/C=C\CC)OC(=O)CCCCCCCCCCCCC)OC(=O)CCCCCCCCC/C=C\C/C=C\C/C=C\CC. The fourth-order valence-corrected chi connectivity index (χ4v) is 11.9. The number of ether oxygens (including phenoxy) is 4. The Kier molecular flexibility index (Phi) is 72.4. The van der Waals surface area contributed by atoms with Crippen molar-refractivity contribution in [2.24, 2.45) is 0 Å². The molecule has 19 heteroatoms. The molecule has 0 saturated heterocycles.